The maximum Gasteiger partial charge on any atom is 0.435 e. The summed E-state index contributed by atoms with van der Waals surface area (Å²) in [5.41, 5.74) is 0.670. The van der Waals surface area contributed by atoms with Crippen molar-refractivity contribution in [2.45, 2.75) is 43.9 Å². The van der Waals surface area contributed by atoms with Gasteiger partial charge in [0.25, 0.3) is 5.91 Å². The summed E-state index contributed by atoms with van der Waals surface area (Å²) in [7, 11) is 0. The number of hydrogen-bond donors (Lipinski definition) is 0. The predicted molar refractivity (Wildman–Crippen MR) is 103 cm³/mol. The number of benzene rings is 1. The second-order valence-corrected chi connectivity index (χ2v) is 7.95. The molecule has 31 heavy (non-hydrogen) atoms. The smallest absolute Gasteiger partial charge is 0.332 e. The summed E-state index contributed by atoms with van der Waals surface area (Å²) in [6, 6.07) is 9.71. The van der Waals surface area contributed by atoms with Crippen molar-refractivity contribution in [3.8, 4) is 5.69 Å². The van der Waals surface area contributed by atoms with Crippen LogP contribution in [0.3, 0.4) is 0 Å². The van der Waals surface area contributed by atoms with Crippen LogP contribution in [0.1, 0.15) is 41.0 Å². The monoisotopic (exact) mass is 428 g/mol. The number of nitrogens with zero attached hydrogens (tertiary/aromatic N) is 6. The Morgan fingerprint density at radius 1 is 1.03 bits per heavy atom. The molecule has 0 aliphatic carbocycles. The molecule has 0 spiro atoms. The number of carbonyl (C=O) groups excluding carboxylic acids is 1. The lowest BCUT2D eigenvalue weighted by Crippen LogP contribution is -2.37. The number of amides is 1. The second kappa shape index (κ2) is 7.44. The maximum atomic E-state index is 13.5. The molecular formula is C21H19F3N6O. The van der Waals surface area contributed by atoms with Gasteiger partial charge in [0.15, 0.2) is 5.69 Å². The normalized spacial score (nSPS) is 22.8. The molecule has 3 unspecified atom stereocenters. The zero-order valence-electron chi connectivity index (χ0n) is 16.4. The lowest BCUT2D eigenvalue weighted by atomic mass is 9.86. The van der Waals surface area contributed by atoms with Gasteiger partial charge in [-0.2, -0.15) is 33.3 Å². The quantitative estimate of drug-likeness (QED) is 0.637. The molecule has 1 amide bonds. The predicted octanol–water partition coefficient (Wildman–Crippen LogP) is 3.31. The average molecular weight is 428 g/mol. The summed E-state index contributed by atoms with van der Waals surface area (Å²) in [6.45, 7) is 0. The van der Waals surface area contributed by atoms with Gasteiger partial charge < -0.3 is 4.90 Å². The molecule has 2 saturated heterocycles. The summed E-state index contributed by atoms with van der Waals surface area (Å²) in [6.07, 6.45) is 1.71. The Morgan fingerprint density at radius 3 is 2.52 bits per heavy atom. The van der Waals surface area contributed by atoms with Gasteiger partial charge in [-0.05, 0) is 55.9 Å². The summed E-state index contributed by atoms with van der Waals surface area (Å²) < 4.78 is 38.2. The van der Waals surface area contributed by atoms with Gasteiger partial charge in [0.05, 0.1) is 29.3 Å². The van der Waals surface area contributed by atoms with Crippen LogP contribution in [-0.4, -0.2) is 48.1 Å². The van der Waals surface area contributed by atoms with Crippen LogP contribution in [-0.2, 0) is 12.6 Å². The fraction of sp³-hybridized carbons (Fsp3) is 0.381. The van der Waals surface area contributed by atoms with Crippen LogP contribution in [0.25, 0.3) is 5.69 Å². The van der Waals surface area contributed by atoms with E-state index in [0.717, 1.165) is 25.3 Å². The Bertz CT molecular complexity index is 1080. The third-order valence-corrected chi connectivity index (χ3v) is 6.15. The molecule has 1 aromatic carbocycles. The SMILES string of the molecule is O=C(c1ccccc1-n1nccn1)N1C2CCC1C(Cc1ccc(C(F)(F)F)nn1)C2. The molecule has 0 N–H and O–H groups in total. The maximum absolute atomic E-state index is 13.5. The molecule has 2 bridgehead atoms. The minimum Gasteiger partial charge on any atom is -0.332 e. The zero-order valence-corrected chi connectivity index (χ0v) is 16.4. The molecule has 2 fully saturated rings. The molecule has 0 saturated carbocycles. The van der Waals surface area contributed by atoms with Gasteiger partial charge in [0.1, 0.15) is 0 Å². The van der Waals surface area contributed by atoms with Crippen LogP contribution in [0, 0.1) is 5.92 Å². The van der Waals surface area contributed by atoms with Gasteiger partial charge in [-0.25, -0.2) is 0 Å². The number of hydrogen-bond acceptors (Lipinski definition) is 5. The van der Waals surface area contributed by atoms with E-state index in [1.807, 2.05) is 17.0 Å². The van der Waals surface area contributed by atoms with E-state index in [4.69, 9.17) is 0 Å². The Morgan fingerprint density at radius 2 is 1.81 bits per heavy atom. The van der Waals surface area contributed by atoms with Crippen molar-refractivity contribution in [1.29, 1.82) is 0 Å². The van der Waals surface area contributed by atoms with Crippen molar-refractivity contribution < 1.29 is 18.0 Å². The van der Waals surface area contributed by atoms with Crippen molar-refractivity contribution in [2.24, 2.45) is 5.92 Å². The van der Waals surface area contributed by atoms with E-state index in [2.05, 4.69) is 20.4 Å². The van der Waals surface area contributed by atoms with E-state index in [1.54, 1.807) is 24.5 Å². The lowest BCUT2D eigenvalue weighted by molar-refractivity contribution is -0.141. The molecule has 160 valence electrons. The van der Waals surface area contributed by atoms with Gasteiger partial charge in [0.2, 0.25) is 0 Å². The van der Waals surface area contributed by atoms with Gasteiger partial charge in [-0.1, -0.05) is 12.1 Å². The summed E-state index contributed by atoms with van der Waals surface area (Å²) >= 11 is 0. The van der Waals surface area contributed by atoms with Crippen LogP contribution in [0.2, 0.25) is 0 Å². The van der Waals surface area contributed by atoms with Gasteiger partial charge in [-0.15, -0.1) is 5.10 Å². The Labute approximate surface area is 175 Å². The van der Waals surface area contributed by atoms with E-state index in [0.29, 0.717) is 23.4 Å². The van der Waals surface area contributed by atoms with E-state index < -0.39 is 11.9 Å². The number of alkyl halides is 3. The molecular weight excluding hydrogens is 409 g/mol. The van der Waals surface area contributed by atoms with Crippen LogP contribution in [0.4, 0.5) is 13.2 Å². The Kier molecular flexibility index (Phi) is 4.71. The first-order valence-electron chi connectivity index (χ1n) is 10.1. The van der Waals surface area contributed by atoms with Crippen molar-refractivity contribution >= 4 is 5.91 Å². The first-order chi connectivity index (χ1) is 14.9. The van der Waals surface area contributed by atoms with Crippen LogP contribution in [0.15, 0.2) is 48.8 Å². The highest BCUT2D eigenvalue weighted by atomic mass is 19.4. The number of rotatable bonds is 4. The molecule has 2 aliphatic heterocycles. The topological polar surface area (TPSA) is 76.8 Å². The third kappa shape index (κ3) is 3.55. The summed E-state index contributed by atoms with van der Waals surface area (Å²) in [5.74, 6) is 0.0742. The standard InChI is InChI=1S/C21H19F3N6O/c22-21(23,24)19-8-5-14(27-28-19)11-13-12-15-6-7-17(13)29(15)20(31)16-3-1-2-4-18(16)30-25-9-10-26-30/h1-5,8-10,13,15,17H,6-7,11-12H2. The Balaban J connectivity index is 1.36. The molecule has 10 heteroatoms. The fourth-order valence-electron chi connectivity index (χ4n) is 4.85. The van der Waals surface area contributed by atoms with E-state index >= 15 is 0 Å². The third-order valence-electron chi connectivity index (χ3n) is 6.15. The van der Waals surface area contributed by atoms with E-state index in [9.17, 15) is 18.0 Å². The van der Waals surface area contributed by atoms with Gasteiger partial charge >= 0.3 is 6.18 Å². The van der Waals surface area contributed by atoms with Crippen LogP contribution in [0.5, 0.6) is 0 Å². The number of carbonyl (C=O) groups is 1. The highest BCUT2D eigenvalue weighted by molar-refractivity contribution is 5.98. The molecule has 3 aromatic rings. The first kappa shape index (κ1) is 19.7. The molecule has 4 heterocycles. The summed E-state index contributed by atoms with van der Waals surface area (Å²) in [5, 5.41) is 15.4. The first-order valence-corrected chi connectivity index (χ1v) is 10.1. The minimum absolute atomic E-state index is 0.0280. The van der Waals surface area contributed by atoms with Crippen molar-refractivity contribution in [3.05, 3.63) is 65.7 Å². The van der Waals surface area contributed by atoms with Gasteiger partial charge in [-0.3, -0.25) is 4.79 Å². The average Bonchev–Trinajstić information content (AvgIpc) is 3.50. The second-order valence-electron chi connectivity index (χ2n) is 7.95. The van der Waals surface area contributed by atoms with Crippen LogP contribution >= 0.6 is 0 Å². The number of para-hydroxylation sites is 1. The van der Waals surface area contributed by atoms with Crippen molar-refractivity contribution in [3.63, 3.8) is 0 Å². The highest BCUT2D eigenvalue weighted by Gasteiger charge is 2.49. The molecule has 5 rings (SSSR count). The molecule has 2 aromatic heterocycles. The molecule has 2 aliphatic rings. The largest absolute Gasteiger partial charge is 0.435 e. The lowest BCUT2D eigenvalue weighted by Gasteiger charge is -2.25. The van der Waals surface area contributed by atoms with Crippen LogP contribution < -0.4 is 0 Å². The highest BCUT2D eigenvalue weighted by Crippen LogP contribution is 2.44. The van der Waals surface area contributed by atoms with Crippen molar-refractivity contribution in [1.82, 2.24) is 30.1 Å². The van der Waals surface area contributed by atoms with E-state index in [1.165, 1.54) is 10.9 Å². The molecule has 3 atom stereocenters. The van der Waals surface area contributed by atoms with Gasteiger partial charge in [0, 0.05) is 12.1 Å². The minimum atomic E-state index is -4.50. The molecule has 7 nitrogen and oxygen atoms in total. The van der Waals surface area contributed by atoms with Crippen molar-refractivity contribution in [2.75, 3.05) is 0 Å². The van der Waals surface area contributed by atoms with E-state index in [-0.39, 0.29) is 23.9 Å². The fourth-order valence-corrected chi connectivity index (χ4v) is 4.85. The Hall–Kier alpha value is -3.30. The number of aromatic nitrogens is 5. The number of fused-ring (bicyclic) bond motifs is 2. The zero-order chi connectivity index (χ0) is 21.6. The summed E-state index contributed by atoms with van der Waals surface area (Å²) in [4.78, 5) is 16.8. The number of halogens is 3. The molecule has 0 radical (unpaired) electrons.